The Morgan fingerprint density at radius 1 is 0.650 bits per heavy atom. The normalized spacial score (nSPS) is 9.40. The van der Waals surface area contributed by atoms with E-state index in [2.05, 4.69) is 20.4 Å². The molecule has 6 heteroatoms. The van der Waals surface area contributed by atoms with Gasteiger partial charge in [-0.05, 0) is 24.3 Å². The van der Waals surface area contributed by atoms with Gasteiger partial charge in [-0.15, -0.1) is 0 Å². The molecule has 0 unspecified atom stereocenters. The van der Waals surface area contributed by atoms with Crippen molar-refractivity contribution in [2.45, 2.75) is 0 Å². The van der Waals surface area contributed by atoms with E-state index in [1.807, 2.05) is 0 Å². The number of para-hydroxylation sites is 2. The van der Waals surface area contributed by atoms with E-state index in [4.69, 9.17) is 0 Å². The first-order valence-electron chi connectivity index (χ1n) is 5.80. The van der Waals surface area contributed by atoms with Crippen molar-refractivity contribution in [3.05, 3.63) is 60.7 Å². The molecule has 0 spiro atoms. The highest BCUT2D eigenvalue weighted by atomic mass is 17.2. The number of anilines is 2. The Hall–Kier alpha value is -3.02. The van der Waals surface area contributed by atoms with Crippen LogP contribution in [0.1, 0.15) is 0 Å². The molecule has 0 aliphatic carbocycles. The zero-order valence-corrected chi connectivity index (χ0v) is 10.4. The van der Waals surface area contributed by atoms with Crippen LogP contribution in [0.2, 0.25) is 0 Å². The van der Waals surface area contributed by atoms with Crippen LogP contribution in [0.25, 0.3) is 0 Å². The van der Waals surface area contributed by atoms with E-state index in [0.717, 1.165) is 0 Å². The molecular formula is C14H12N2O4. The first-order valence-corrected chi connectivity index (χ1v) is 5.80. The van der Waals surface area contributed by atoms with Crippen LogP contribution in [0.3, 0.4) is 0 Å². The van der Waals surface area contributed by atoms with Gasteiger partial charge in [0.15, 0.2) is 0 Å². The first kappa shape index (κ1) is 13.4. The monoisotopic (exact) mass is 272 g/mol. The molecule has 6 nitrogen and oxygen atoms in total. The number of rotatable bonds is 2. The van der Waals surface area contributed by atoms with Gasteiger partial charge in [-0.2, -0.15) is 0 Å². The fraction of sp³-hybridized carbons (Fsp3) is 0. The van der Waals surface area contributed by atoms with Crippen LogP contribution in [-0.2, 0) is 9.78 Å². The molecule has 0 aliphatic rings. The molecule has 2 amide bonds. The van der Waals surface area contributed by atoms with Crippen molar-refractivity contribution in [1.29, 1.82) is 0 Å². The summed E-state index contributed by atoms with van der Waals surface area (Å²) in [6, 6.07) is 17.3. The number of nitrogens with one attached hydrogen (secondary N) is 2. The van der Waals surface area contributed by atoms with Gasteiger partial charge in [-0.3, -0.25) is 10.6 Å². The Morgan fingerprint density at radius 2 is 1.00 bits per heavy atom. The van der Waals surface area contributed by atoms with Gasteiger partial charge in [0.1, 0.15) is 0 Å². The summed E-state index contributed by atoms with van der Waals surface area (Å²) in [5, 5.41) is 4.79. The number of benzene rings is 2. The maximum atomic E-state index is 11.3. The molecule has 2 aromatic rings. The third-order valence-corrected chi connectivity index (χ3v) is 2.23. The molecule has 0 saturated heterocycles. The van der Waals surface area contributed by atoms with Crippen molar-refractivity contribution >= 4 is 23.6 Å². The molecule has 0 radical (unpaired) electrons. The molecule has 2 rings (SSSR count). The Labute approximate surface area is 115 Å². The van der Waals surface area contributed by atoms with Crippen LogP contribution >= 0.6 is 0 Å². The van der Waals surface area contributed by atoms with E-state index in [0.29, 0.717) is 11.4 Å². The highest BCUT2D eigenvalue weighted by Crippen LogP contribution is 2.07. The lowest BCUT2D eigenvalue weighted by Crippen LogP contribution is -2.20. The summed E-state index contributed by atoms with van der Waals surface area (Å²) in [6.45, 7) is 0. The van der Waals surface area contributed by atoms with Crippen molar-refractivity contribution in [1.82, 2.24) is 0 Å². The Balaban J connectivity index is 1.75. The first-order chi connectivity index (χ1) is 9.74. The van der Waals surface area contributed by atoms with Crippen molar-refractivity contribution in [2.75, 3.05) is 10.6 Å². The quantitative estimate of drug-likeness (QED) is 0.649. The maximum Gasteiger partial charge on any atom is 0.454 e. The predicted molar refractivity (Wildman–Crippen MR) is 73.1 cm³/mol. The highest BCUT2D eigenvalue weighted by Gasteiger charge is 2.09. The van der Waals surface area contributed by atoms with Crippen molar-refractivity contribution in [3.8, 4) is 0 Å². The van der Waals surface area contributed by atoms with E-state index in [1.165, 1.54) is 0 Å². The summed E-state index contributed by atoms with van der Waals surface area (Å²) < 4.78 is 0. The largest absolute Gasteiger partial charge is 0.454 e. The number of amides is 2. The molecule has 0 aromatic heterocycles. The van der Waals surface area contributed by atoms with Gasteiger partial charge in [0, 0.05) is 11.4 Å². The third-order valence-electron chi connectivity index (χ3n) is 2.23. The lowest BCUT2D eigenvalue weighted by Gasteiger charge is -2.06. The van der Waals surface area contributed by atoms with Crippen molar-refractivity contribution in [2.24, 2.45) is 0 Å². The minimum Gasteiger partial charge on any atom is -0.288 e. The zero-order chi connectivity index (χ0) is 14.2. The third kappa shape index (κ3) is 4.34. The molecule has 0 bridgehead atoms. The van der Waals surface area contributed by atoms with E-state index in [9.17, 15) is 9.59 Å². The van der Waals surface area contributed by atoms with Gasteiger partial charge >= 0.3 is 12.2 Å². The maximum absolute atomic E-state index is 11.3. The van der Waals surface area contributed by atoms with Crippen LogP contribution in [0, 0.1) is 0 Å². The fourth-order valence-electron chi connectivity index (χ4n) is 1.40. The number of carbonyl (C=O) groups excluding carboxylic acids is 2. The van der Waals surface area contributed by atoms with Crippen molar-refractivity contribution in [3.63, 3.8) is 0 Å². The van der Waals surface area contributed by atoms with Crippen molar-refractivity contribution < 1.29 is 19.4 Å². The minimum absolute atomic E-state index is 0.532. The number of carbonyl (C=O) groups is 2. The van der Waals surface area contributed by atoms with Gasteiger partial charge < -0.3 is 0 Å². The van der Waals surface area contributed by atoms with Gasteiger partial charge in [0.2, 0.25) is 0 Å². The van der Waals surface area contributed by atoms with Gasteiger partial charge in [-0.1, -0.05) is 36.4 Å². The average molecular weight is 272 g/mol. The second-order valence-corrected chi connectivity index (χ2v) is 3.72. The molecular weight excluding hydrogens is 260 g/mol. The fourth-order valence-corrected chi connectivity index (χ4v) is 1.40. The summed E-state index contributed by atoms with van der Waals surface area (Å²) in [6.07, 6.45) is -1.78. The second kappa shape index (κ2) is 6.79. The smallest absolute Gasteiger partial charge is 0.288 e. The molecule has 0 heterocycles. The lowest BCUT2D eigenvalue weighted by atomic mass is 10.3. The van der Waals surface area contributed by atoms with Crippen LogP contribution in [0.15, 0.2) is 60.7 Å². The molecule has 0 saturated carbocycles. The predicted octanol–water partition coefficient (Wildman–Crippen LogP) is 3.40. The van der Waals surface area contributed by atoms with Crippen LogP contribution < -0.4 is 10.6 Å². The number of hydrogen-bond donors (Lipinski definition) is 2. The molecule has 2 N–H and O–H groups in total. The summed E-state index contributed by atoms with van der Waals surface area (Å²) in [5.74, 6) is 0. The molecule has 2 aromatic carbocycles. The highest BCUT2D eigenvalue weighted by molar-refractivity contribution is 5.87. The topological polar surface area (TPSA) is 76.7 Å². The van der Waals surface area contributed by atoms with E-state index in [-0.39, 0.29) is 0 Å². The lowest BCUT2D eigenvalue weighted by molar-refractivity contribution is -0.169. The van der Waals surface area contributed by atoms with E-state index < -0.39 is 12.2 Å². The molecule has 0 atom stereocenters. The van der Waals surface area contributed by atoms with Gasteiger partial charge in [0.05, 0.1) is 0 Å². The molecule has 0 fully saturated rings. The van der Waals surface area contributed by atoms with Crippen LogP contribution in [0.5, 0.6) is 0 Å². The standard InChI is InChI=1S/C14H12N2O4/c17-13(15-11-7-3-1-4-8-11)19-20-14(18)16-12-9-5-2-6-10-12/h1-10H,(H,15,17)(H,16,18). The van der Waals surface area contributed by atoms with E-state index in [1.54, 1.807) is 60.7 Å². The van der Waals surface area contributed by atoms with E-state index >= 15 is 0 Å². The summed E-state index contributed by atoms with van der Waals surface area (Å²) in [7, 11) is 0. The summed E-state index contributed by atoms with van der Waals surface area (Å²) in [4.78, 5) is 31.3. The second-order valence-electron chi connectivity index (χ2n) is 3.72. The Bertz CT molecular complexity index is 519. The van der Waals surface area contributed by atoms with Crippen LogP contribution in [-0.4, -0.2) is 12.2 Å². The zero-order valence-electron chi connectivity index (χ0n) is 10.4. The Morgan fingerprint density at radius 3 is 1.35 bits per heavy atom. The van der Waals surface area contributed by atoms with Crippen LogP contribution in [0.4, 0.5) is 21.0 Å². The molecule has 20 heavy (non-hydrogen) atoms. The summed E-state index contributed by atoms with van der Waals surface area (Å²) in [5.41, 5.74) is 1.06. The van der Waals surface area contributed by atoms with Gasteiger partial charge in [-0.25, -0.2) is 19.4 Å². The van der Waals surface area contributed by atoms with Gasteiger partial charge in [0.25, 0.3) is 0 Å². The minimum atomic E-state index is -0.889. The summed E-state index contributed by atoms with van der Waals surface area (Å²) >= 11 is 0. The average Bonchev–Trinajstić information content (AvgIpc) is 2.47. The number of hydrogen-bond acceptors (Lipinski definition) is 4. The Kier molecular flexibility index (Phi) is 4.55. The molecule has 102 valence electrons. The molecule has 0 aliphatic heterocycles. The SMILES string of the molecule is O=C(Nc1ccccc1)OOC(=O)Nc1ccccc1.